The van der Waals surface area contributed by atoms with Gasteiger partial charge in [0.25, 0.3) is 0 Å². The van der Waals surface area contributed by atoms with Gasteiger partial charge in [0.2, 0.25) is 5.89 Å². The molecule has 0 saturated heterocycles. The number of nitrogens with zero attached hydrogens (tertiary/aromatic N) is 1. The summed E-state index contributed by atoms with van der Waals surface area (Å²) in [6, 6.07) is 15.3. The van der Waals surface area contributed by atoms with E-state index in [0.717, 1.165) is 4.88 Å². The Kier molecular flexibility index (Phi) is 5.43. The van der Waals surface area contributed by atoms with Gasteiger partial charge in [-0.2, -0.15) is 0 Å². The van der Waals surface area contributed by atoms with Gasteiger partial charge in [-0.05, 0) is 35.7 Å². The van der Waals surface area contributed by atoms with Crippen LogP contribution < -0.4 is 9.47 Å². The van der Waals surface area contributed by atoms with Crippen LogP contribution in [0.4, 0.5) is 0 Å². The van der Waals surface area contributed by atoms with Crippen LogP contribution in [-0.4, -0.2) is 30.0 Å². The number of fused-ring (bicyclic) bond motifs is 1. The standard InChI is InChI=1S/C24H17NO6S/c26-22(15-7-8-19-20(12-15)29-10-9-28-19)17-4-1-2-5-18(17)24(27)31-14-16-13-30-23(25-16)21-6-3-11-32-21/h1-8,11-13H,9-10,14H2. The van der Waals surface area contributed by atoms with Crippen LogP contribution in [0, 0.1) is 0 Å². The van der Waals surface area contributed by atoms with E-state index < -0.39 is 5.97 Å². The van der Waals surface area contributed by atoms with Crippen LogP contribution in [0.2, 0.25) is 0 Å². The lowest BCUT2D eigenvalue weighted by molar-refractivity contribution is 0.0465. The van der Waals surface area contributed by atoms with Crippen LogP contribution in [0.3, 0.4) is 0 Å². The van der Waals surface area contributed by atoms with Crippen LogP contribution in [-0.2, 0) is 11.3 Å². The summed E-state index contributed by atoms with van der Waals surface area (Å²) in [6.07, 6.45) is 1.45. The first-order valence-electron chi connectivity index (χ1n) is 9.88. The Morgan fingerprint density at radius 1 is 0.969 bits per heavy atom. The van der Waals surface area contributed by atoms with E-state index in [2.05, 4.69) is 4.98 Å². The van der Waals surface area contributed by atoms with Gasteiger partial charge < -0.3 is 18.6 Å². The van der Waals surface area contributed by atoms with Gasteiger partial charge in [-0.15, -0.1) is 11.3 Å². The molecular weight excluding hydrogens is 430 g/mol. The second-order valence-electron chi connectivity index (χ2n) is 6.93. The topological polar surface area (TPSA) is 87.9 Å². The molecule has 0 N–H and O–H groups in total. The van der Waals surface area contributed by atoms with Crippen LogP contribution in [0.1, 0.15) is 32.0 Å². The number of ether oxygens (including phenoxy) is 3. The maximum Gasteiger partial charge on any atom is 0.339 e. The minimum absolute atomic E-state index is 0.0692. The van der Waals surface area contributed by atoms with Crippen LogP contribution in [0.15, 0.2) is 70.7 Å². The number of oxazole rings is 1. The summed E-state index contributed by atoms with van der Waals surface area (Å²) in [5.41, 5.74) is 1.30. The number of esters is 1. The average Bonchev–Trinajstić information content (AvgIpc) is 3.54. The van der Waals surface area contributed by atoms with Crippen LogP contribution >= 0.6 is 11.3 Å². The quantitative estimate of drug-likeness (QED) is 0.311. The molecule has 8 heteroatoms. The average molecular weight is 447 g/mol. The summed E-state index contributed by atoms with van der Waals surface area (Å²) in [4.78, 5) is 31.1. The van der Waals surface area contributed by atoms with Gasteiger partial charge >= 0.3 is 5.97 Å². The van der Waals surface area contributed by atoms with Gasteiger partial charge in [0.15, 0.2) is 17.3 Å². The third-order valence-corrected chi connectivity index (χ3v) is 5.69. The molecule has 7 nitrogen and oxygen atoms in total. The Labute approximate surface area is 187 Å². The van der Waals surface area contributed by atoms with E-state index in [1.54, 1.807) is 42.5 Å². The van der Waals surface area contributed by atoms with Gasteiger partial charge in [0, 0.05) is 11.1 Å². The summed E-state index contributed by atoms with van der Waals surface area (Å²) in [6.45, 7) is 0.819. The van der Waals surface area contributed by atoms with Crippen molar-refractivity contribution in [1.29, 1.82) is 0 Å². The lowest BCUT2D eigenvalue weighted by Crippen LogP contribution is -2.16. The van der Waals surface area contributed by atoms with Crippen molar-refractivity contribution in [2.45, 2.75) is 6.61 Å². The van der Waals surface area contributed by atoms with E-state index in [-0.39, 0.29) is 23.5 Å². The van der Waals surface area contributed by atoms with Crippen molar-refractivity contribution >= 4 is 23.1 Å². The molecule has 32 heavy (non-hydrogen) atoms. The minimum atomic E-state index is -0.618. The van der Waals surface area contributed by atoms with E-state index in [1.165, 1.54) is 17.6 Å². The fourth-order valence-electron chi connectivity index (χ4n) is 3.30. The Morgan fingerprint density at radius 2 is 1.78 bits per heavy atom. The molecule has 4 aromatic rings. The number of aromatic nitrogens is 1. The Balaban J connectivity index is 1.33. The van der Waals surface area contributed by atoms with Gasteiger partial charge in [-0.1, -0.05) is 24.3 Å². The van der Waals surface area contributed by atoms with Crippen molar-refractivity contribution in [2.24, 2.45) is 0 Å². The summed E-state index contributed by atoms with van der Waals surface area (Å²) in [5.74, 6) is 0.646. The van der Waals surface area contributed by atoms with Gasteiger partial charge in [-0.25, -0.2) is 9.78 Å². The predicted octanol–water partition coefficient (Wildman–Crippen LogP) is 4.76. The van der Waals surface area contributed by atoms with E-state index in [4.69, 9.17) is 18.6 Å². The molecule has 160 valence electrons. The number of carbonyl (C=O) groups excluding carboxylic acids is 2. The highest BCUT2D eigenvalue weighted by Gasteiger charge is 2.22. The first kappa shape index (κ1) is 20.0. The third kappa shape index (κ3) is 4.00. The molecule has 1 aliphatic rings. The van der Waals surface area contributed by atoms with Crippen molar-refractivity contribution < 1.29 is 28.2 Å². The number of hydrogen-bond acceptors (Lipinski definition) is 8. The Hall–Kier alpha value is -3.91. The van der Waals surface area contributed by atoms with E-state index in [9.17, 15) is 9.59 Å². The highest BCUT2D eigenvalue weighted by molar-refractivity contribution is 7.13. The molecule has 1 aliphatic heterocycles. The smallest absolute Gasteiger partial charge is 0.339 e. The van der Waals surface area contributed by atoms with Gasteiger partial charge in [0.05, 0.1) is 10.4 Å². The summed E-state index contributed by atoms with van der Waals surface area (Å²) >= 11 is 1.50. The summed E-state index contributed by atoms with van der Waals surface area (Å²) in [5, 5.41) is 1.93. The van der Waals surface area contributed by atoms with Gasteiger partial charge in [-0.3, -0.25) is 4.79 Å². The van der Waals surface area contributed by atoms with Crippen molar-refractivity contribution in [3.8, 4) is 22.3 Å². The SMILES string of the molecule is O=C(OCc1coc(-c2cccs2)n1)c1ccccc1C(=O)c1ccc2c(c1)OCCO2. The van der Waals surface area contributed by atoms with Crippen molar-refractivity contribution in [2.75, 3.05) is 13.2 Å². The predicted molar refractivity (Wildman–Crippen MR) is 116 cm³/mol. The molecule has 0 atom stereocenters. The third-order valence-electron chi connectivity index (χ3n) is 4.83. The number of thiophene rings is 1. The van der Waals surface area contributed by atoms with Crippen LogP contribution in [0.25, 0.3) is 10.8 Å². The highest BCUT2D eigenvalue weighted by atomic mass is 32.1. The molecule has 2 aromatic carbocycles. The molecule has 0 fully saturated rings. The molecule has 0 aliphatic carbocycles. The van der Waals surface area contributed by atoms with Crippen molar-refractivity contribution in [3.05, 3.63) is 88.6 Å². The monoisotopic (exact) mass is 447 g/mol. The number of carbonyl (C=O) groups is 2. The molecule has 0 bridgehead atoms. The fourth-order valence-corrected chi connectivity index (χ4v) is 3.96. The van der Waals surface area contributed by atoms with E-state index >= 15 is 0 Å². The molecular formula is C24H17NO6S. The minimum Gasteiger partial charge on any atom is -0.486 e. The largest absolute Gasteiger partial charge is 0.486 e. The second kappa shape index (κ2) is 8.68. The molecule has 0 amide bonds. The highest BCUT2D eigenvalue weighted by Crippen LogP contribution is 2.32. The van der Waals surface area contributed by atoms with Crippen LogP contribution in [0.5, 0.6) is 11.5 Å². The zero-order chi connectivity index (χ0) is 21.9. The Bertz CT molecular complexity index is 1280. The first-order valence-corrected chi connectivity index (χ1v) is 10.8. The number of rotatable bonds is 6. The summed E-state index contributed by atoms with van der Waals surface area (Å²) < 4.78 is 21.9. The van der Waals surface area contributed by atoms with Crippen molar-refractivity contribution in [3.63, 3.8) is 0 Å². The summed E-state index contributed by atoms with van der Waals surface area (Å²) in [7, 11) is 0. The lowest BCUT2D eigenvalue weighted by atomic mass is 9.98. The maximum atomic E-state index is 13.1. The number of hydrogen-bond donors (Lipinski definition) is 0. The van der Waals surface area contributed by atoms with Crippen molar-refractivity contribution in [1.82, 2.24) is 4.98 Å². The molecule has 0 unspecified atom stereocenters. The van der Waals surface area contributed by atoms with E-state index in [0.29, 0.717) is 41.9 Å². The molecule has 0 radical (unpaired) electrons. The first-order chi connectivity index (χ1) is 15.7. The number of ketones is 1. The fraction of sp³-hybridized carbons (Fsp3) is 0.125. The molecule has 0 saturated carbocycles. The lowest BCUT2D eigenvalue weighted by Gasteiger charge is -2.18. The number of benzene rings is 2. The zero-order valence-corrected chi connectivity index (χ0v) is 17.6. The maximum absolute atomic E-state index is 13.1. The second-order valence-corrected chi connectivity index (χ2v) is 7.88. The zero-order valence-electron chi connectivity index (χ0n) is 16.8. The molecule has 3 heterocycles. The normalized spacial score (nSPS) is 12.4. The molecule has 2 aromatic heterocycles. The molecule has 5 rings (SSSR count). The Morgan fingerprint density at radius 3 is 2.59 bits per heavy atom. The van der Waals surface area contributed by atoms with E-state index in [1.807, 2.05) is 17.5 Å². The van der Waals surface area contributed by atoms with Gasteiger partial charge in [0.1, 0.15) is 31.8 Å². The molecule has 0 spiro atoms.